The second-order valence-corrected chi connectivity index (χ2v) is 5.17. The minimum Gasteiger partial charge on any atom is -0.393 e. The van der Waals surface area contributed by atoms with Crippen LogP contribution in [-0.4, -0.2) is 43.3 Å². The number of aliphatic hydroxyl groups excluding tert-OH is 1. The Balaban J connectivity index is 2.03. The number of nitrogens with zero attached hydrogens (tertiary/aromatic N) is 4. The Morgan fingerprint density at radius 1 is 1.50 bits per heavy atom. The number of aromatic nitrogens is 4. The summed E-state index contributed by atoms with van der Waals surface area (Å²) in [5.41, 5.74) is 12.2. The smallest absolute Gasteiger partial charge is 0.224 e. The van der Waals surface area contributed by atoms with E-state index in [0.29, 0.717) is 17.8 Å². The summed E-state index contributed by atoms with van der Waals surface area (Å²) >= 11 is 1.50. The molecule has 0 saturated carbocycles. The van der Waals surface area contributed by atoms with Crippen molar-refractivity contribution in [2.45, 2.75) is 10.8 Å². The van der Waals surface area contributed by atoms with E-state index in [0.717, 1.165) is 0 Å². The van der Waals surface area contributed by atoms with Crippen LogP contribution in [0, 0.1) is 0 Å². The maximum Gasteiger partial charge on any atom is 0.224 e. The molecule has 8 nitrogen and oxygen atoms in total. The highest BCUT2D eigenvalue weighted by molar-refractivity contribution is 8.00. The summed E-state index contributed by atoms with van der Waals surface area (Å²) in [6.07, 6.45) is 1.63. The maximum atomic E-state index is 9.05. The summed E-state index contributed by atoms with van der Waals surface area (Å²) in [7, 11) is 0. The zero-order chi connectivity index (χ0) is 12.7. The van der Waals surface area contributed by atoms with Gasteiger partial charge in [0.05, 0.1) is 19.5 Å². The fraction of sp³-hybridized carbons (Fsp3) is 0.444. The number of fused-ring (bicyclic) bond motifs is 1. The van der Waals surface area contributed by atoms with Crippen LogP contribution in [0.25, 0.3) is 11.2 Å². The summed E-state index contributed by atoms with van der Waals surface area (Å²) in [6, 6.07) is 0. The molecule has 2 aromatic heterocycles. The molecule has 0 amide bonds. The second kappa shape index (κ2) is 4.26. The highest BCUT2D eigenvalue weighted by atomic mass is 32.2. The molecular formula is C9H12N6O2S. The maximum absolute atomic E-state index is 9.05. The number of thioether (sulfide) groups is 1. The normalized spacial score (nSPS) is 23.8. The fourth-order valence-electron chi connectivity index (χ4n) is 1.85. The highest BCUT2D eigenvalue weighted by Crippen LogP contribution is 2.37. The van der Waals surface area contributed by atoms with Crippen LogP contribution in [0.4, 0.5) is 11.8 Å². The van der Waals surface area contributed by atoms with Crippen molar-refractivity contribution in [2.75, 3.05) is 24.7 Å². The van der Waals surface area contributed by atoms with Crippen LogP contribution in [0.5, 0.6) is 0 Å². The lowest BCUT2D eigenvalue weighted by Crippen LogP contribution is -2.07. The average Bonchev–Trinajstić information content (AvgIpc) is 2.93. The van der Waals surface area contributed by atoms with Crippen LogP contribution in [-0.2, 0) is 4.74 Å². The third kappa shape index (κ3) is 1.76. The number of imidazole rings is 1. The number of nitrogen functional groups attached to an aromatic ring is 2. The third-order valence-corrected chi connectivity index (χ3v) is 3.92. The Kier molecular flexibility index (Phi) is 2.73. The summed E-state index contributed by atoms with van der Waals surface area (Å²) < 4.78 is 7.24. The van der Waals surface area contributed by atoms with Crippen LogP contribution >= 0.6 is 11.8 Å². The summed E-state index contributed by atoms with van der Waals surface area (Å²) in [5, 5.41) is 9.05. The number of hydrogen-bond donors (Lipinski definition) is 3. The third-order valence-electron chi connectivity index (χ3n) is 2.66. The number of nitrogens with two attached hydrogens (primary N) is 2. The van der Waals surface area contributed by atoms with Gasteiger partial charge in [0.15, 0.2) is 11.5 Å². The molecule has 18 heavy (non-hydrogen) atoms. The van der Waals surface area contributed by atoms with Gasteiger partial charge >= 0.3 is 0 Å². The molecule has 96 valence electrons. The van der Waals surface area contributed by atoms with Gasteiger partial charge in [-0.05, 0) is 0 Å². The number of aliphatic hydroxyl groups is 1. The Hall–Kier alpha value is -1.58. The van der Waals surface area contributed by atoms with E-state index in [1.54, 1.807) is 6.33 Å². The minimum atomic E-state index is -0.219. The first kappa shape index (κ1) is 11.5. The molecule has 9 heteroatoms. The lowest BCUT2D eigenvalue weighted by atomic mass is 10.5. The van der Waals surface area contributed by atoms with Crippen LogP contribution in [0.15, 0.2) is 6.33 Å². The van der Waals surface area contributed by atoms with Gasteiger partial charge in [-0.2, -0.15) is 9.97 Å². The van der Waals surface area contributed by atoms with Crippen LogP contribution in [0.3, 0.4) is 0 Å². The average molecular weight is 268 g/mol. The van der Waals surface area contributed by atoms with E-state index in [2.05, 4.69) is 15.0 Å². The van der Waals surface area contributed by atoms with Crippen molar-refractivity contribution >= 4 is 34.7 Å². The van der Waals surface area contributed by atoms with Gasteiger partial charge in [-0.3, -0.25) is 4.57 Å². The number of anilines is 2. The molecule has 0 aliphatic carbocycles. The molecule has 0 radical (unpaired) electrons. The van der Waals surface area contributed by atoms with Gasteiger partial charge in [0, 0.05) is 0 Å². The predicted octanol–water partition coefficient (Wildman–Crippen LogP) is -0.429. The quantitative estimate of drug-likeness (QED) is 0.670. The molecule has 0 unspecified atom stereocenters. The van der Waals surface area contributed by atoms with Gasteiger partial charge < -0.3 is 21.3 Å². The Bertz CT molecular complexity index is 588. The van der Waals surface area contributed by atoms with Crippen LogP contribution in [0.1, 0.15) is 5.37 Å². The van der Waals surface area contributed by atoms with Gasteiger partial charge in [0.25, 0.3) is 0 Å². The molecular weight excluding hydrogens is 256 g/mol. The molecule has 5 N–H and O–H groups in total. The molecule has 3 rings (SSSR count). The fourth-order valence-corrected chi connectivity index (χ4v) is 2.89. The van der Waals surface area contributed by atoms with E-state index in [1.165, 1.54) is 11.8 Å². The first-order chi connectivity index (χ1) is 8.69. The molecule has 1 saturated heterocycles. The number of rotatable bonds is 2. The van der Waals surface area contributed by atoms with E-state index in [9.17, 15) is 0 Å². The lowest BCUT2D eigenvalue weighted by Gasteiger charge is -2.10. The molecule has 2 aromatic rings. The lowest BCUT2D eigenvalue weighted by molar-refractivity contribution is 0.0810. The van der Waals surface area contributed by atoms with Crippen LogP contribution < -0.4 is 11.5 Å². The first-order valence-corrected chi connectivity index (χ1v) is 6.26. The van der Waals surface area contributed by atoms with E-state index >= 15 is 0 Å². The molecule has 0 spiro atoms. The van der Waals surface area contributed by atoms with Crippen molar-refractivity contribution < 1.29 is 9.84 Å². The molecule has 2 atom stereocenters. The molecule has 1 fully saturated rings. The topological polar surface area (TPSA) is 125 Å². The van der Waals surface area contributed by atoms with Crippen molar-refractivity contribution in [3.63, 3.8) is 0 Å². The van der Waals surface area contributed by atoms with E-state index in [-0.39, 0.29) is 29.2 Å². The summed E-state index contributed by atoms with van der Waals surface area (Å²) in [5.74, 6) is 0.378. The van der Waals surface area contributed by atoms with Gasteiger partial charge in [-0.25, -0.2) is 4.98 Å². The highest BCUT2D eigenvalue weighted by Gasteiger charge is 2.28. The largest absolute Gasteiger partial charge is 0.393 e. The van der Waals surface area contributed by atoms with Gasteiger partial charge in [-0.1, -0.05) is 0 Å². The van der Waals surface area contributed by atoms with E-state index in [1.807, 2.05) is 4.57 Å². The Labute approximate surface area is 106 Å². The van der Waals surface area contributed by atoms with Gasteiger partial charge in [0.1, 0.15) is 16.3 Å². The molecule has 3 heterocycles. The summed E-state index contributed by atoms with van der Waals surface area (Å²) in [6.45, 7) is 0.457. The Morgan fingerprint density at radius 2 is 2.33 bits per heavy atom. The number of hydrogen-bond acceptors (Lipinski definition) is 8. The summed E-state index contributed by atoms with van der Waals surface area (Å²) in [4.78, 5) is 12.2. The molecule has 0 aromatic carbocycles. The van der Waals surface area contributed by atoms with E-state index in [4.69, 9.17) is 21.3 Å². The first-order valence-electron chi connectivity index (χ1n) is 5.32. The SMILES string of the molecule is Nc1nc(N)c2ncn([C@@H]3CO[C@H](CO)S3)c2n1. The van der Waals surface area contributed by atoms with Crippen molar-refractivity contribution in [3.05, 3.63) is 6.33 Å². The minimum absolute atomic E-state index is 0.000787. The second-order valence-electron chi connectivity index (χ2n) is 3.83. The zero-order valence-electron chi connectivity index (χ0n) is 9.35. The Morgan fingerprint density at radius 3 is 3.06 bits per heavy atom. The monoisotopic (exact) mass is 268 g/mol. The molecule has 1 aliphatic rings. The zero-order valence-corrected chi connectivity index (χ0v) is 10.2. The van der Waals surface area contributed by atoms with E-state index < -0.39 is 0 Å². The van der Waals surface area contributed by atoms with Crippen molar-refractivity contribution in [1.29, 1.82) is 0 Å². The van der Waals surface area contributed by atoms with Crippen molar-refractivity contribution in [2.24, 2.45) is 0 Å². The number of ether oxygens (including phenoxy) is 1. The molecule has 0 bridgehead atoms. The van der Waals surface area contributed by atoms with Crippen LogP contribution in [0.2, 0.25) is 0 Å². The van der Waals surface area contributed by atoms with Gasteiger partial charge in [-0.15, -0.1) is 11.8 Å². The predicted molar refractivity (Wildman–Crippen MR) is 67.6 cm³/mol. The van der Waals surface area contributed by atoms with Gasteiger partial charge in [0.2, 0.25) is 5.95 Å². The standard InChI is InChI=1S/C9H12N6O2S/c10-7-6-8(14-9(11)13-7)15(3-12-6)4-2-17-5(1-16)18-4/h3-5,16H,1-2H2,(H4,10,11,13,14)/t4-,5-/m0/s1. The molecule has 1 aliphatic heterocycles. The van der Waals surface area contributed by atoms with Crippen molar-refractivity contribution in [1.82, 2.24) is 19.5 Å². The van der Waals surface area contributed by atoms with Crippen molar-refractivity contribution in [3.8, 4) is 0 Å².